The van der Waals surface area contributed by atoms with E-state index in [4.69, 9.17) is 4.98 Å². The van der Waals surface area contributed by atoms with Crippen molar-refractivity contribution in [3.05, 3.63) is 84.5 Å². The van der Waals surface area contributed by atoms with Gasteiger partial charge in [0.25, 0.3) is 5.91 Å². The predicted molar refractivity (Wildman–Crippen MR) is 168 cm³/mol. The average Bonchev–Trinajstić information content (AvgIpc) is 3.73. The summed E-state index contributed by atoms with van der Waals surface area (Å²) < 4.78 is 0. The van der Waals surface area contributed by atoms with E-state index in [0.29, 0.717) is 5.92 Å². The lowest BCUT2D eigenvalue weighted by Crippen LogP contribution is -2.38. The Kier molecular flexibility index (Phi) is 7.15. The minimum Gasteiger partial charge on any atom is -0.339 e. The quantitative estimate of drug-likeness (QED) is 0.223. The van der Waals surface area contributed by atoms with Crippen LogP contribution in [0.3, 0.4) is 0 Å². The smallest absolute Gasteiger partial charge is 0.255 e. The number of carbonyl (C=O) groups is 1. The van der Waals surface area contributed by atoms with Gasteiger partial charge in [0.2, 0.25) is 0 Å². The SMILES string of the molecule is CC1(C)CCC(C)(C)c2cc(-c3csc(C4CCN(C(=O)C(=Cc5cccs5)c5cccs5)CC4)n3)ccc21. The molecule has 1 saturated heterocycles. The van der Waals surface area contributed by atoms with E-state index >= 15 is 0 Å². The van der Waals surface area contributed by atoms with Gasteiger partial charge in [-0.1, -0.05) is 52.0 Å². The third-order valence-electron chi connectivity index (χ3n) is 8.65. The highest BCUT2D eigenvalue weighted by atomic mass is 32.1. The maximum atomic E-state index is 13.6. The molecule has 0 unspecified atom stereocenters. The maximum Gasteiger partial charge on any atom is 0.255 e. The molecular weight excluding hydrogens is 537 g/mol. The molecule has 1 aromatic carbocycles. The van der Waals surface area contributed by atoms with E-state index in [1.807, 2.05) is 22.4 Å². The molecule has 0 N–H and O–H groups in total. The molecule has 4 heterocycles. The number of piperidine rings is 1. The fourth-order valence-electron chi connectivity index (χ4n) is 6.04. The Morgan fingerprint density at radius 3 is 2.33 bits per heavy atom. The number of amides is 1. The second kappa shape index (κ2) is 10.5. The van der Waals surface area contributed by atoms with Crippen molar-refractivity contribution in [2.75, 3.05) is 13.1 Å². The Balaban J connectivity index is 1.17. The lowest BCUT2D eigenvalue weighted by Gasteiger charge is -2.42. The summed E-state index contributed by atoms with van der Waals surface area (Å²) in [5, 5.41) is 7.54. The van der Waals surface area contributed by atoms with E-state index in [0.717, 1.165) is 47.0 Å². The Labute approximate surface area is 244 Å². The van der Waals surface area contributed by atoms with Crippen LogP contribution in [-0.2, 0) is 15.6 Å². The monoisotopic (exact) mass is 572 g/mol. The van der Waals surface area contributed by atoms with Gasteiger partial charge in [0, 0.05) is 39.7 Å². The predicted octanol–water partition coefficient (Wildman–Crippen LogP) is 9.23. The molecule has 1 amide bonds. The van der Waals surface area contributed by atoms with E-state index in [-0.39, 0.29) is 16.7 Å². The Morgan fingerprint density at radius 2 is 1.64 bits per heavy atom. The van der Waals surface area contributed by atoms with Crippen molar-refractivity contribution in [2.45, 2.75) is 70.1 Å². The van der Waals surface area contributed by atoms with E-state index < -0.39 is 0 Å². The lowest BCUT2D eigenvalue weighted by molar-refractivity contribution is -0.125. The van der Waals surface area contributed by atoms with E-state index in [1.165, 1.54) is 34.5 Å². The number of thiazole rings is 1. The van der Waals surface area contributed by atoms with Gasteiger partial charge < -0.3 is 4.90 Å². The summed E-state index contributed by atoms with van der Waals surface area (Å²) in [5.74, 6) is 0.552. The molecule has 39 heavy (non-hydrogen) atoms. The molecule has 0 spiro atoms. The molecule has 2 aliphatic rings. The van der Waals surface area contributed by atoms with Crippen molar-refractivity contribution < 1.29 is 4.79 Å². The second-order valence-corrected chi connectivity index (χ2v) is 15.0. The largest absolute Gasteiger partial charge is 0.339 e. The van der Waals surface area contributed by atoms with Crippen LogP contribution in [-0.4, -0.2) is 28.9 Å². The normalized spacial score (nSPS) is 19.2. The number of hydrogen-bond acceptors (Lipinski definition) is 5. The van der Waals surface area contributed by atoms with Gasteiger partial charge in [-0.05, 0) is 82.7 Å². The van der Waals surface area contributed by atoms with E-state index in [1.54, 1.807) is 34.0 Å². The molecular formula is C33H36N2OS3. The molecule has 4 aromatic rings. The Hall–Kier alpha value is -2.54. The first kappa shape index (κ1) is 26.7. The van der Waals surface area contributed by atoms with Gasteiger partial charge in [-0.3, -0.25) is 4.79 Å². The number of fused-ring (bicyclic) bond motifs is 1. The van der Waals surface area contributed by atoms with Gasteiger partial charge in [-0.15, -0.1) is 34.0 Å². The Morgan fingerprint density at radius 1 is 0.923 bits per heavy atom. The van der Waals surface area contributed by atoms with Crippen LogP contribution in [0.4, 0.5) is 0 Å². The first-order valence-electron chi connectivity index (χ1n) is 13.9. The summed E-state index contributed by atoms with van der Waals surface area (Å²) in [6.45, 7) is 11.1. The molecule has 1 aliphatic heterocycles. The average molecular weight is 573 g/mol. The van der Waals surface area contributed by atoms with Gasteiger partial charge in [-0.2, -0.15) is 0 Å². The molecule has 1 fully saturated rings. The molecule has 0 atom stereocenters. The zero-order valence-electron chi connectivity index (χ0n) is 23.2. The van der Waals surface area contributed by atoms with Crippen molar-refractivity contribution >= 4 is 51.6 Å². The number of hydrogen-bond donors (Lipinski definition) is 0. The number of rotatable bonds is 5. The molecule has 3 nitrogen and oxygen atoms in total. The third kappa shape index (κ3) is 5.31. The van der Waals surface area contributed by atoms with Gasteiger partial charge in [0.15, 0.2) is 0 Å². The molecule has 3 aromatic heterocycles. The summed E-state index contributed by atoms with van der Waals surface area (Å²) in [6, 6.07) is 15.2. The number of benzene rings is 1. The van der Waals surface area contributed by atoms with Gasteiger partial charge in [0.05, 0.1) is 16.3 Å². The second-order valence-electron chi connectivity index (χ2n) is 12.2. The fourth-order valence-corrected chi connectivity index (χ4v) is 8.43. The highest BCUT2D eigenvalue weighted by molar-refractivity contribution is 7.12. The van der Waals surface area contributed by atoms with Crippen LogP contribution < -0.4 is 0 Å². The minimum atomic E-state index is 0.142. The Bertz CT molecular complexity index is 1480. The zero-order chi connectivity index (χ0) is 27.2. The first-order valence-corrected chi connectivity index (χ1v) is 16.5. The van der Waals surface area contributed by atoms with Crippen molar-refractivity contribution in [3.8, 4) is 11.3 Å². The molecule has 6 rings (SSSR count). The third-order valence-corrected chi connectivity index (χ3v) is 11.4. The van der Waals surface area contributed by atoms with Crippen LogP contribution in [0.15, 0.2) is 58.6 Å². The van der Waals surface area contributed by atoms with Gasteiger partial charge in [-0.25, -0.2) is 4.98 Å². The van der Waals surface area contributed by atoms with Crippen molar-refractivity contribution in [3.63, 3.8) is 0 Å². The van der Waals surface area contributed by atoms with Crippen LogP contribution in [0, 0.1) is 0 Å². The minimum absolute atomic E-state index is 0.142. The number of likely N-dealkylation sites (tertiary alicyclic amines) is 1. The summed E-state index contributed by atoms with van der Waals surface area (Å²) >= 11 is 5.08. The summed E-state index contributed by atoms with van der Waals surface area (Å²) in [7, 11) is 0. The molecule has 0 saturated carbocycles. The molecule has 1 aliphatic carbocycles. The number of thiophene rings is 2. The molecule has 0 radical (unpaired) electrons. The molecule has 202 valence electrons. The summed E-state index contributed by atoms with van der Waals surface area (Å²) in [6.07, 6.45) is 6.42. The topological polar surface area (TPSA) is 33.2 Å². The number of nitrogens with zero attached hydrogens (tertiary/aromatic N) is 2. The van der Waals surface area contributed by atoms with E-state index in [9.17, 15) is 4.79 Å². The first-order chi connectivity index (χ1) is 18.7. The van der Waals surface area contributed by atoms with Crippen LogP contribution >= 0.6 is 34.0 Å². The van der Waals surface area contributed by atoms with Gasteiger partial charge in [0.1, 0.15) is 0 Å². The van der Waals surface area contributed by atoms with E-state index in [2.05, 4.69) is 74.9 Å². The van der Waals surface area contributed by atoms with Crippen LogP contribution in [0.5, 0.6) is 0 Å². The van der Waals surface area contributed by atoms with Crippen LogP contribution in [0.2, 0.25) is 0 Å². The molecule has 0 bridgehead atoms. The molecule has 6 heteroatoms. The van der Waals surface area contributed by atoms with Crippen LogP contribution in [0.25, 0.3) is 22.9 Å². The van der Waals surface area contributed by atoms with Crippen molar-refractivity contribution in [1.82, 2.24) is 9.88 Å². The maximum absolute atomic E-state index is 13.6. The number of aromatic nitrogens is 1. The number of carbonyl (C=O) groups excluding carboxylic acids is 1. The van der Waals surface area contributed by atoms with Crippen molar-refractivity contribution in [2.24, 2.45) is 0 Å². The standard InChI is InChI=1S/C33H36N2OS3/c1-32(2)13-14-33(3,4)27-19-23(9-10-26(27)32)28-21-39-30(34-28)22-11-15-35(16-12-22)31(36)25(29-8-6-18-38-29)20-24-7-5-17-37-24/h5-10,17-22H,11-16H2,1-4H3. The lowest BCUT2D eigenvalue weighted by atomic mass is 9.63. The summed E-state index contributed by atoms with van der Waals surface area (Å²) in [4.78, 5) is 23.0. The highest BCUT2D eigenvalue weighted by Gasteiger charge is 2.37. The summed E-state index contributed by atoms with van der Waals surface area (Å²) in [5.41, 5.74) is 6.52. The van der Waals surface area contributed by atoms with Gasteiger partial charge >= 0.3 is 0 Å². The highest BCUT2D eigenvalue weighted by Crippen LogP contribution is 2.47. The zero-order valence-corrected chi connectivity index (χ0v) is 25.6. The van der Waals surface area contributed by atoms with Crippen LogP contribution in [0.1, 0.15) is 85.2 Å². The van der Waals surface area contributed by atoms with Crippen molar-refractivity contribution in [1.29, 1.82) is 0 Å². The fraction of sp³-hybridized carbons (Fsp3) is 0.394.